The van der Waals surface area contributed by atoms with Crippen molar-refractivity contribution < 1.29 is 17.4 Å². The zero-order valence-corrected chi connectivity index (χ0v) is 10.5. The normalized spacial score (nSPS) is 36.9. The van der Waals surface area contributed by atoms with Gasteiger partial charge in [-0.15, -0.1) is 0 Å². The first-order chi connectivity index (χ1) is 7.25. The first-order valence-electron chi connectivity index (χ1n) is 5.45. The Bertz CT molecular complexity index is 423. The highest BCUT2D eigenvalue weighted by Crippen LogP contribution is 2.64. The van der Waals surface area contributed by atoms with Gasteiger partial charge >= 0.3 is 0 Å². The summed E-state index contributed by atoms with van der Waals surface area (Å²) in [5.41, 5.74) is -0.982. The van der Waals surface area contributed by atoms with Crippen molar-refractivity contribution in [1.29, 1.82) is 0 Å². The van der Waals surface area contributed by atoms with Crippen LogP contribution in [0.5, 0.6) is 0 Å². The molecule has 0 spiro atoms. The van der Waals surface area contributed by atoms with E-state index < -0.39 is 15.5 Å². The summed E-state index contributed by atoms with van der Waals surface area (Å²) < 4.78 is 27.3. The van der Waals surface area contributed by atoms with Crippen LogP contribution in [0, 0.1) is 23.9 Å². The highest BCUT2D eigenvalue weighted by Gasteiger charge is 2.65. The summed E-state index contributed by atoms with van der Waals surface area (Å²) in [6, 6.07) is 0. The third kappa shape index (κ3) is 1.37. The Morgan fingerprint density at radius 3 is 2.50 bits per heavy atom. The largest absolute Gasteiger partial charge is 0.299 e. The van der Waals surface area contributed by atoms with Gasteiger partial charge in [0.15, 0.2) is 0 Å². The van der Waals surface area contributed by atoms with Crippen LogP contribution in [0.25, 0.3) is 0 Å². The Balaban J connectivity index is 2.40. The number of Topliss-reactive ketones (excluding diaryl/α,β-unsaturated/α-hetero) is 1. The number of fused-ring (bicyclic) bond motifs is 2. The standard InChI is InChI=1S/C11H17O4S/c1-10(2)8-4-5-11(10,9(12)6-8)7-16(13,14)15-3/h8H,3-7H2,1-2H3. The highest BCUT2D eigenvalue weighted by atomic mass is 32.2. The predicted molar refractivity (Wildman–Crippen MR) is 58.8 cm³/mol. The second-order valence-corrected chi connectivity index (χ2v) is 7.13. The van der Waals surface area contributed by atoms with Crippen LogP contribution in [0.15, 0.2) is 0 Å². The minimum absolute atomic E-state index is 0.0781. The first-order valence-corrected chi connectivity index (χ1v) is 7.02. The Labute approximate surface area is 96.5 Å². The summed E-state index contributed by atoms with van der Waals surface area (Å²) in [6.07, 6.45) is 2.11. The Morgan fingerprint density at radius 1 is 1.50 bits per heavy atom. The van der Waals surface area contributed by atoms with Crippen molar-refractivity contribution >= 4 is 15.9 Å². The molecule has 16 heavy (non-hydrogen) atoms. The van der Waals surface area contributed by atoms with Crippen LogP contribution in [-0.4, -0.2) is 20.0 Å². The van der Waals surface area contributed by atoms with Gasteiger partial charge in [-0.05, 0) is 24.2 Å². The van der Waals surface area contributed by atoms with Crippen molar-refractivity contribution in [3.63, 3.8) is 0 Å². The summed E-state index contributed by atoms with van der Waals surface area (Å²) in [4.78, 5) is 12.0. The summed E-state index contributed by atoms with van der Waals surface area (Å²) in [5.74, 6) is 0.181. The van der Waals surface area contributed by atoms with E-state index in [0.717, 1.165) is 6.42 Å². The maximum Gasteiger partial charge on any atom is 0.268 e. The van der Waals surface area contributed by atoms with Crippen molar-refractivity contribution in [2.45, 2.75) is 33.1 Å². The molecule has 5 heteroatoms. The number of carbonyl (C=O) groups excluding carboxylic acids is 1. The lowest BCUT2D eigenvalue weighted by atomic mass is 9.70. The number of rotatable bonds is 3. The smallest absolute Gasteiger partial charge is 0.268 e. The molecule has 2 atom stereocenters. The van der Waals surface area contributed by atoms with E-state index in [9.17, 15) is 13.2 Å². The molecule has 0 aromatic rings. The lowest BCUT2D eigenvalue weighted by Gasteiger charge is -2.35. The van der Waals surface area contributed by atoms with E-state index in [-0.39, 0.29) is 17.0 Å². The molecule has 4 nitrogen and oxygen atoms in total. The molecule has 2 bridgehead atoms. The van der Waals surface area contributed by atoms with E-state index in [4.69, 9.17) is 0 Å². The lowest BCUT2D eigenvalue weighted by molar-refractivity contribution is -0.128. The van der Waals surface area contributed by atoms with Crippen LogP contribution in [0.1, 0.15) is 33.1 Å². The molecule has 2 aliphatic rings. The SMILES string of the molecule is [CH2]OS(=O)(=O)CC12CCC(CC1=O)C2(C)C. The molecule has 0 aromatic heterocycles. The summed E-state index contributed by atoms with van der Waals surface area (Å²) >= 11 is 0. The molecule has 0 saturated heterocycles. The molecule has 0 heterocycles. The fraction of sp³-hybridized carbons (Fsp3) is 0.818. The van der Waals surface area contributed by atoms with Gasteiger partial charge in [-0.1, -0.05) is 13.8 Å². The van der Waals surface area contributed by atoms with Gasteiger partial charge in [0.05, 0.1) is 18.3 Å². The Kier molecular flexibility index (Phi) is 2.48. The summed E-state index contributed by atoms with van der Waals surface area (Å²) in [6.45, 7) is 3.99. The van der Waals surface area contributed by atoms with Crippen LogP contribution in [0.2, 0.25) is 0 Å². The van der Waals surface area contributed by atoms with Gasteiger partial charge in [0.25, 0.3) is 10.1 Å². The second-order valence-electron chi connectivity index (χ2n) is 5.49. The molecule has 2 fully saturated rings. The van der Waals surface area contributed by atoms with E-state index in [2.05, 4.69) is 11.3 Å². The van der Waals surface area contributed by atoms with E-state index in [1.54, 1.807) is 0 Å². The number of hydrogen-bond acceptors (Lipinski definition) is 4. The fourth-order valence-electron chi connectivity index (χ4n) is 3.45. The highest BCUT2D eigenvalue weighted by molar-refractivity contribution is 7.86. The molecule has 2 aliphatic carbocycles. The van der Waals surface area contributed by atoms with E-state index in [1.807, 2.05) is 13.8 Å². The minimum atomic E-state index is -3.68. The molecular weight excluding hydrogens is 228 g/mol. The van der Waals surface area contributed by atoms with Gasteiger partial charge in [-0.3, -0.25) is 8.98 Å². The van der Waals surface area contributed by atoms with E-state index in [1.165, 1.54) is 0 Å². The Hall–Kier alpha value is -0.420. The molecule has 2 saturated carbocycles. The average Bonchev–Trinajstić information content (AvgIpc) is 2.51. The van der Waals surface area contributed by atoms with E-state index >= 15 is 0 Å². The van der Waals surface area contributed by atoms with Gasteiger partial charge in [0.1, 0.15) is 5.78 Å². The van der Waals surface area contributed by atoms with Gasteiger partial charge in [-0.2, -0.15) is 8.42 Å². The number of carbonyl (C=O) groups is 1. The second kappa shape index (κ2) is 3.29. The van der Waals surface area contributed by atoms with Crippen molar-refractivity contribution in [3.8, 4) is 0 Å². The fourth-order valence-corrected chi connectivity index (χ4v) is 4.82. The zero-order chi connectivity index (χ0) is 12.2. The maximum atomic E-state index is 12.0. The molecule has 0 N–H and O–H groups in total. The van der Waals surface area contributed by atoms with Crippen molar-refractivity contribution in [1.82, 2.24) is 0 Å². The predicted octanol–water partition coefficient (Wildman–Crippen LogP) is 1.52. The van der Waals surface area contributed by atoms with Crippen molar-refractivity contribution in [3.05, 3.63) is 7.11 Å². The minimum Gasteiger partial charge on any atom is -0.299 e. The van der Waals surface area contributed by atoms with Crippen LogP contribution >= 0.6 is 0 Å². The molecule has 2 unspecified atom stereocenters. The number of ketones is 1. The summed E-state index contributed by atoms with van der Waals surface area (Å²) in [5, 5.41) is 0. The molecule has 0 aromatic carbocycles. The quantitative estimate of drug-likeness (QED) is 0.707. The van der Waals surface area contributed by atoms with Gasteiger partial charge in [-0.25, -0.2) is 0 Å². The van der Waals surface area contributed by atoms with Crippen LogP contribution in [0.4, 0.5) is 0 Å². The monoisotopic (exact) mass is 245 g/mol. The molecule has 0 aliphatic heterocycles. The van der Waals surface area contributed by atoms with Crippen molar-refractivity contribution in [2.75, 3.05) is 5.75 Å². The Morgan fingerprint density at radius 2 is 2.12 bits per heavy atom. The third-order valence-electron chi connectivity index (χ3n) is 4.74. The zero-order valence-electron chi connectivity index (χ0n) is 9.65. The summed E-state index contributed by atoms with van der Waals surface area (Å²) in [7, 11) is -0.731. The average molecular weight is 245 g/mol. The number of hydrogen-bond donors (Lipinski definition) is 0. The van der Waals surface area contributed by atoms with Crippen LogP contribution < -0.4 is 0 Å². The first kappa shape index (κ1) is 12.0. The molecule has 91 valence electrons. The van der Waals surface area contributed by atoms with Gasteiger partial charge in [0.2, 0.25) is 0 Å². The third-order valence-corrected chi connectivity index (χ3v) is 5.95. The molecule has 0 amide bonds. The van der Waals surface area contributed by atoms with Gasteiger partial charge in [0, 0.05) is 6.42 Å². The molecule has 2 rings (SSSR count). The van der Waals surface area contributed by atoms with Gasteiger partial charge < -0.3 is 0 Å². The lowest BCUT2D eigenvalue weighted by Crippen LogP contribution is -2.42. The topological polar surface area (TPSA) is 60.4 Å². The maximum absolute atomic E-state index is 12.0. The molecule has 1 radical (unpaired) electrons. The van der Waals surface area contributed by atoms with Crippen LogP contribution in [0.3, 0.4) is 0 Å². The van der Waals surface area contributed by atoms with Crippen LogP contribution in [-0.2, 0) is 19.1 Å². The van der Waals surface area contributed by atoms with E-state index in [0.29, 0.717) is 18.8 Å². The van der Waals surface area contributed by atoms with Crippen molar-refractivity contribution in [2.24, 2.45) is 16.7 Å². The molecular formula is C11H17O4S.